The van der Waals surface area contributed by atoms with Crippen LogP contribution in [0.25, 0.3) is 0 Å². The molecule has 0 saturated heterocycles. The first kappa shape index (κ1) is 26.9. The molecule has 2 rings (SSSR count). The Bertz CT molecular complexity index is 634. The number of ketones is 1. The molecule has 0 bridgehead atoms. The summed E-state index contributed by atoms with van der Waals surface area (Å²) in [5, 5.41) is 11.3. The SMILES string of the molecule is CCCCC(NC(=O)C1CCCCCC1)C(=O)c1nnc(SCCCN(C)C)o1.Cl. The van der Waals surface area contributed by atoms with Gasteiger partial charge < -0.3 is 14.6 Å². The topological polar surface area (TPSA) is 88.3 Å². The van der Waals surface area contributed by atoms with E-state index in [2.05, 4.69) is 27.3 Å². The molecule has 1 heterocycles. The molecule has 1 amide bonds. The summed E-state index contributed by atoms with van der Waals surface area (Å²) in [6.07, 6.45) is 9.80. The van der Waals surface area contributed by atoms with E-state index in [1.54, 1.807) is 0 Å². The van der Waals surface area contributed by atoms with Crippen LogP contribution in [-0.4, -0.2) is 59.2 Å². The van der Waals surface area contributed by atoms with E-state index in [0.29, 0.717) is 11.6 Å². The lowest BCUT2D eigenvalue weighted by Crippen LogP contribution is -2.43. The third-order valence-electron chi connectivity index (χ3n) is 5.30. The Balaban J connectivity index is 0.00000450. The molecule has 1 atom stereocenters. The zero-order valence-corrected chi connectivity index (χ0v) is 20.2. The molecule has 0 radical (unpaired) electrons. The molecule has 1 aromatic heterocycles. The third-order valence-corrected chi connectivity index (χ3v) is 6.20. The van der Waals surface area contributed by atoms with Gasteiger partial charge in [-0.15, -0.1) is 22.6 Å². The van der Waals surface area contributed by atoms with E-state index in [9.17, 15) is 9.59 Å². The summed E-state index contributed by atoms with van der Waals surface area (Å²) >= 11 is 1.46. The van der Waals surface area contributed by atoms with Gasteiger partial charge in [0.15, 0.2) is 0 Å². The predicted molar refractivity (Wildman–Crippen MR) is 122 cm³/mol. The lowest BCUT2D eigenvalue weighted by molar-refractivity contribution is -0.125. The summed E-state index contributed by atoms with van der Waals surface area (Å²) < 4.78 is 5.59. The van der Waals surface area contributed by atoms with Gasteiger partial charge in [-0.05, 0) is 46.3 Å². The van der Waals surface area contributed by atoms with Gasteiger partial charge in [0.05, 0.1) is 6.04 Å². The van der Waals surface area contributed by atoms with Crippen LogP contribution < -0.4 is 5.32 Å². The van der Waals surface area contributed by atoms with Crippen molar-refractivity contribution >= 4 is 35.9 Å². The maximum atomic E-state index is 12.9. The van der Waals surface area contributed by atoms with Gasteiger partial charge in [0, 0.05) is 11.7 Å². The number of halogens is 1. The maximum absolute atomic E-state index is 12.9. The van der Waals surface area contributed by atoms with Crippen LogP contribution in [0.1, 0.15) is 81.8 Å². The van der Waals surface area contributed by atoms with Crippen LogP contribution in [0.2, 0.25) is 0 Å². The molecular weight excluding hydrogens is 424 g/mol. The number of carbonyl (C=O) groups excluding carboxylic acids is 2. The molecule has 172 valence electrons. The van der Waals surface area contributed by atoms with Crippen LogP contribution in [0.5, 0.6) is 0 Å². The highest BCUT2D eigenvalue weighted by atomic mass is 35.5. The highest BCUT2D eigenvalue weighted by molar-refractivity contribution is 7.99. The smallest absolute Gasteiger partial charge is 0.286 e. The minimum absolute atomic E-state index is 0. The monoisotopic (exact) mass is 460 g/mol. The first-order chi connectivity index (χ1) is 14.0. The number of hydrogen-bond acceptors (Lipinski definition) is 7. The van der Waals surface area contributed by atoms with Gasteiger partial charge in [0.25, 0.3) is 11.1 Å². The highest BCUT2D eigenvalue weighted by Gasteiger charge is 2.29. The Kier molecular flexibility index (Phi) is 13.3. The quantitative estimate of drug-likeness (QED) is 0.214. The second-order valence-electron chi connectivity index (χ2n) is 8.13. The van der Waals surface area contributed by atoms with Gasteiger partial charge in [-0.1, -0.05) is 57.2 Å². The van der Waals surface area contributed by atoms with Crippen molar-refractivity contribution in [2.75, 3.05) is 26.4 Å². The normalized spacial score (nSPS) is 16.0. The average molecular weight is 461 g/mol. The van der Waals surface area contributed by atoms with E-state index in [0.717, 1.165) is 57.2 Å². The van der Waals surface area contributed by atoms with Crippen molar-refractivity contribution in [3.05, 3.63) is 5.89 Å². The van der Waals surface area contributed by atoms with Crippen molar-refractivity contribution in [2.24, 2.45) is 5.92 Å². The van der Waals surface area contributed by atoms with Crippen LogP contribution in [-0.2, 0) is 4.79 Å². The van der Waals surface area contributed by atoms with E-state index >= 15 is 0 Å². The summed E-state index contributed by atoms with van der Waals surface area (Å²) in [4.78, 5) is 27.8. The second-order valence-corrected chi connectivity index (χ2v) is 9.18. The van der Waals surface area contributed by atoms with Crippen molar-refractivity contribution in [3.63, 3.8) is 0 Å². The number of hydrogen-bond donors (Lipinski definition) is 1. The fourth-order valence-corrected chi connectivity index (χ4v) is 4.25. The molecule has 9 heteroatoms. The number of nitrogens with one attached hydrogen (secondary N) is 1. The Labute approximate surface area is 190 Å². The van der Waals surface area contributed by atoms with Crippen molar-refractivity contribution in [1.29, 1.82) is 0 Å². The lowest BCUT2D eigenvalue weighted by Gasteiger charge is -2.20. The number of Topliss-reactive ketones (excluding diaryl/α,β-unsaturated/α-hetero) is 1. The van der Waals surface area contributed by atoms with E-state index in [1.165, 1.54) is 24.6 Å². The fraction of sp³-hybridized carbons (Fsp3) is 0.810. The van der Waals surface area contributed by atoms with Crippen molar-refractivity contribution < 1.29 is 14.0 Å². The van der Waals surface area contributed by atoms with Crippen LogP contribution in [0.3, 0.4) is 0 Å². The fourth-order valence-electron chi connectivity index (χ4n) is 3.57. The molecule has 1 aromatic rings. The first-order valence-electron chi connectivity index (χ1n) is 11.0. The molecular formula is C21H37ClN4O3S. The summed E-state index contributed by atoms with van der Waals surface area (Å²) in [6, 6.07) is -0.585. The summed E-state index contributed by atoms with van der Waals surface area (Å²) in [7, 11) is 4.07. The second kappa shape index (κ2) is 14.8. The summed E-state index contributed by atoms with van der Waals surface area (Å²) in [5.41, 5.74) is 0. The molecule has 1 N–H and O–H groups in total. The molecule has 1 saturated carbocycles. The summed E-state index contributed by atoms with van der Waals surface area (Å²) in [6.45, 7) is 3.06. The zero-order valence-electron chi connectivity index (χ0n) is 18.5. The molecule has 1 aliphatic carbocycles. The Morgan fingerprint density at radius 1 is 1.17 bits per heavy atom. The molecule has 0 spiro atoms. The Hall–Kier alpha value is -1.12. The van der Waals surface area contributed by atoms with Crippen LogP contribution in [0.4, 0.5) is 0 Å². The average Bonchev–Trinajstić information content (AvgIpc) is 3.00. The van der Waals surface area contributed by atoms with Crippen LogP contribution >= 0.6 is 24.2 Å². The maximum Gasteiger partial charge on any atom is 0.286 e. The number of carbonyl (C=O) groups is 2. The number of nitrogens with zero attached hydrogens (tertiary/aromatic N) is 3. The molecule has 0 aliphatic heterocycles. The van der Waals surface area contributed by atoms with E-state index in [1.807, 2.05) is 14.1 Å². The minimum atomic E-state index is -0.585. The van der Waals surface area contributed by atoms with Gasteiger partial charge in [-0.25, -0.2) is 0 Å². The van der Waals surface area contributed by atoms with Crippen molar-refractivity contribution in [2.45, 2.75) is 82.4 Å². The molecule has 30 heavy (non-hydrogen) atoms. The van der Waals surface area contributed by atoms with Gasteiger partial charge in [-0.3, -0.25) is 9.59 Å². The molecule has 0 aromatic carbocycles. The van der Waals surface area contributed by atoms with Crippen molar-refractivity contribution in [3.8, 4) is 0 Å². The highest BCUT2D eigenvalue weighted by Crippen LogP contribution is 2.24. The standard InChI is InChI=1S/C21H36N4O3S.ClH/c1-4-5-13-17(22-19(27)16-11-8-6-7-9-12-16)18(26)20-23-24-21(28-20)29-15-10-14-25(2)3;/h16-17H,4-15H2,1-3H3,(H,22,27);1H. The third kappa shape index (κ3) is 9.35. The Morgan fingerprint density at radius 2 is 1.87 bits per heavy atom. The first-order valence-corrected chi connectivity index (χ1v) is 12.0. The molecule has 7 nitrogen and oxygen atoms in total. The van der Waals surface area contributed by atoms with Gasteiger partial charge >= 0.3 is 0 Å². The minimum Gasteiger partial charge on any atom is -0.408 e. The number of unbranched alkanes of at least 4 members (excludes halogenated alkanes) is 1. The molecule has 1 fully saturated rings. The predicted octanol–water partition coefficient (Wildman–Crippen LogP) is 4.36. The largest absolute Gasteiger partial charge is 0.408 e. The number of rotatable bonds is 12. The Morgan fingerprint density at radius 3 is 2.50 bits per heavy atom. The van der Waals surface area contributed by atoms with E-state index < -0.39 is 6.04 Å². The number of aromatic nitrogens is 2. The van der Waals surface area contributed by atoms with Crippen molar-refractivity contribution in [1.82, 2.24) is 20.4 Å². The van der Waals surface area contributed by atoms with Crippen LogP contribution in [0, 0.1) is 5.92 Å². The summed E-state index contributed by atoms with van der Waals surface area (Å²) in [5.74, 6) is 0.598. The van der Waals surface area contributed by atoms with Gasteiger partial charge in [0.2, 0.25) is 11.7 Å². The van der Waals surface area contributed by atoms with E-state index in [-0.39, 0.29) is 35.9 Å². The molecule has 1 aliphatic rings. The molecule has 1 unspecified atom stereocenters. The number of amides is 1. The number of thioether (sulfide) groups is 1. The van der Waals surface area contributed by atoms with Gasteiger partial charge in [0.1, 0.15) is 0 Å². The van der Waals surface area contributed by atoms with Gasteiger partial charge in [-0.2, -0.15) is 0 Å². The van der Waals surface area contributed by atoms with E-state index in [4.69, 9.17) is 4.42 Å². The lowest BCUT2D eigenvalue weighted by atomic mass is 9.97. The van der Waals surface area contributed by atoms with Crippen LogP contribution in [0.15, 0.2) is 9.64 Å². The zero-order chi connectivity index (χ0) is 21.1.